The molecule has 63 heavy (non-hydrogen) atoms. The summed E-state index contributed by atoms with van der Waals surface area (Å²) in [6.45, 7) is 18.4. The van der Waals surface area contributed by atoms with Crippen molar-refractivity contribution < 1.29 is 28.7 Å². The predicted molar refractivity (Wildman–Crippen MR) is 259 cm³/mol. The van der Waals surface area contributed by atoms with Crippen LogP contribution in [0, 0.1) is 13.8 Å². The topological polar surface area (TPSA) is 137 Å². The molecule has 2 aliphatic heterocycles. The molecule has 0 spiro atoms. The molecule has 2 fully saturated rings. The second kappa shape index (κ2) is 23.1. The van der Waals surface area contributed by atoms with E-state index in [9.17, 15) is 19.2 Å². The maximum absolute atomic E-state index is 11.9. The van der Waals surface area contributed by atoms with Crippen LogP contribution in [0.2, 0.25) is 0 Å². The molecule has 10 nitrogen and oxygen atoms in total. The van der Waals surface area contributed by atoms with E-state index >= 15 is 0 Å². The van der Waals surface area contributed by atoms with E-state index in [1.807, 2.05) is 100 Å². The van der Waals surface area contributed by atoms with Gasteiger partial charge < -0.3 is 9.47 Å². The highest BCUT2D eigenvalue weighted by Crippen LogP contribution is 2.35. The van der Waals surface area contributed by atoms with E-state index in [0.29, 0.717) is 12.8 Å². The minimum atomic E-state index is -0.366. The lowest BCUT2D eigenvalue weighted by atomic mass is 10.00. The number of thioether (sulfide) groups is 2. The van der Waals surface area contributed by atoms with Gasteiger partial charge in [-0.3, -0.25) is 39.8 Å². The van der Waals surface area contributed by atoms with E-state index < -0.39 is 0 Å². The van der Waals surface area contributed by atoms with Gasteiger partial charge in [-0.15, -0.1) is 0 Å². The Morgan fingerprint density at radius 3 is 1.70 bits per heavy atom. The average Bonchev–Trinajstić information content (AvgIpc) is 3.79. The molecule has 0 bridgehead atoms. The Hall–Kier alpha value is -5.72. The number of aryl methyl sites for hydroxylation is 5. The van der Waals surface area contributed by atoms with Crippen molar-refractivity contribution >= 4 is 67.6 Å². The van der Waals surface area contributed by atoms with Crippen LogP contribution < -0.4 is 20.1 Å². The van der Waals surface area contributed by atoms with Gasteiger partial charge in [-0.1, -0.05) is 109 Å². The second-order valence-corrected chi connectivity index (χ2v) is 17.0. The Kier molecular flexibility index (Phi) is 17.7. The number of pyridine rings is 2. The van der Waals surface area contributed by atoms with E-state index in [2.05, 4.69) is 62.4 Å². The third-order valence-electron chi connectivity index (χ3n) is 10.3. The normalized spacial score (nSPS) is 15.4. The van der Waals surface area contributed by atoms with Gasteiger partial charge in [0.1, 0.15) is 23.0 Å². The van der Waals surface area contributed by atoms with Crippen molar-refractivity contribution in [2.75, 3.05) is 0 Å². The lowest BCUT2D eigenvalue weighted by Crippen LogP contribution is -2.25. The Labute approximate surface area is 379 Å². The van der Waals surface area contributed by atoms with Crippen LogP contribution in [0.15, 0.2) is 91.1 Å². The number of hydrogen-bond acceptors (Lipinski definition) is 10. The molecule has 2 saturated heterocycles. The first-order chi connectivity index (χ1) is 30.5. The molecule has 0 radical (unpaired) electrons. The highest BCUT2D eigenvalue weighted by molar-refractivity contribution is 8.15. The lowest BCUT2D eigenvalue weighted by molar-refractivity contribution is -0.119. The van der Waals surface area contributed by atoms with Gasteiger partial charge in [0.15, 0.2) is 0 Å². The summed E-state index contributed by atoms with van der Waals surface area (Å²) in [5.74, 6) is 2.66. The molecule has 0 aliphatic carbocycles. The van der Waals surface area contributed by atoms with Gasteiger partial charge >= 0.3 is 0 Å². The van der Waals surface area contributed by atoms with Crippen LogP contribution in [-0.4, -0.2) is 42.8 Å². The van der Waals surface area contributed by atoms with Crippen LogP contribution in [-0.2, 0) is 41.7 Å². The summed E-state index contributed by atoms with van der Waals surface area (Å²) in [6, 6.07) is 28.0. The summed E-state index contributed by atoms with van der Waals surface area (Å²) >= 11 is 2.13. The molecule has 8 rings (SSSR count). The third-order valence-corrected chi connectivity index (χ3v) is 12.3. The number of para-hydroxylation sites is 1. The van der Waals surface area contributed by atoms with Crippen molar-refractivity contribution in [3.05, 3.63) is 130 Å². The van der Waals surface area contributed by atoms with E-state index in [-0.39, 0.29) is 32.8 Å². The standard InChI is InChI=1S/C24H24N2O3S.C23H22N2O3S.2C2H6/c1-3-7-17-14-21(19-8-5-6-9-20(19)25-17)29-18-11-10-16(15(4-2)12-18)13-22-23(27)26-24(28)30-22;1-4-15-11-17(6-5-16(15)12-20-22(26)25-23(27)29-20)28-19-7-8-24-21-14(3)9-13(2)10-18(19)21;2*1-2/h5-6,8-12,14,22H,3-4,7,13H2,1-2H3,(H,26,27,28);5-11,20H,4,12H2,1-3H3,(H,25,26,27);2*1-2H3. The summed E-state index contributed by atoms with van der Waals surface area (Å²) < 4.78 is 12.5. The fourth-order valence-electron chi connectivity index (χ4n) is 7.44. The number of fused-ring (bicyclic) bond motifs is 2. The van der Waals surface area contributed by atoms with Crippen LogP contribution in [0.5, 0.6) is 23.0 Å². The first-order valence-corrected chi connectivity index (χ1v) is 23.6. The molecule has 6 aromatic rings. The molecule has 12 heteroatoms. The number of nitrogens with zero attached hydrogens (tertiary/aromatic N) is 2. The number of nitrogens with one attached hydrogen (secondary N) is 2. The average molecular weight is 887 g/mol. The number of hydrogen-bond donors (Lipinski definition) is 2. The fourth-order valence-corrected chi connectivity index (χ4v) is 9.13. The van der Waals surface area contributed by atoms with Crippen molar-refractivity contribution in [1.82, 2.24) is 20.6 Å². The Morgan fingerprint density at radius 1 is 0.619 bits per heavy atom. The highest BCUT2D eigenvalue weighted by Gasteiger charge is 2.33. The van der Waals surface area contributed by atoms with Crippen LogP contribution in [0.1, 0.15) is 94.0 Å². The molecule has 2 aliphatic rings. The number of amides is 4. The fraction of sp³-hybridized carbons (Fsp3) is 0.333. The van der Waals surface area contributed by atoms with Gasteiger partial charge in [-0.05, 0) is 128 Å². The monoisotopic (exact) mass is 886 g/mol. The van der Waals surface area contributed by atoms with E-state index in [0.717, 1.165) is 128 Å². The zero-order valence-corrected chi connectivity index (χ0v) is 39.4. The number of carbonyl (C=O) groups is 4. The van der Waals surface area contributed by atoms with Crippen molar-refractivity contribution in [3.63, 3.8) is 0 Å². The molecule has 2 aromatic heterocycles. The van der Waals surface area contributed by atoms with Crippen molar-refractivity contribution in [1.29, 1.82) is 0 Å². The number of rotatable bonds is 12. The molecule has 2 N–H and O–H groups in total. The zero-order chi connectivity index (χ0) is 45.6. The van der Waals surface area contributed by atoms with E-state index in [1.54, 1.807) is 6.20 Å². The van der Waals surface area contributed by atoms with Crippen LogP contribution in [0.3, 0.4) is 0 Å². The first-order valence-electron chi connectivity index (χ1n) is 21.9. The maximum atomic E-state index is 11.9. The molecule has 4 aromatic carbocycles. The minimum Gasteiger partial charge on any atom is -0.457 e. The zero-order valence-electron chi connectivity index (χ0n) is 37.7. The highest BCUT2D eigenvalue weighted by atomic mass is 32.2. The maximum Gasteiger partial charge on any atom is 0.286 e. The van der Waals surface area contributed by atoms with Gasteiger partial charge in [0, 0.05) is 28.7 Å². The molecule has 0 saturated carbocycles. The number of imide groups is 2. The SMILES string of the molecule is CC.CC.CCCc1cc(Oc2ccc(CC3SC(=O)NC3=O)c(CC)c2)c2ccccc2n1.CCc1cc(Oc2ccnc3c(C)cc(C)cc23)ccc1CC1SC(=O)NC1=O. The van der Waals surface area contributed by atoms with Crippen LogP contribution in [0.25, 0.3) is 21.8 Å². The summed E-state index contributed by atoms with van der Waals surface area (Å²) in [5.41, 5.74) is 9.54. The molecule has 4 heterocycles. The minimum absolute atomic E-state index is 0.209. The summed E-state index contributed by atoms with van der Waals surface area (Å²) in [7, 11) is 0. The lowest BCUT2D eigenvalue weighted by Gasteiger charge is -2.15. The van der Waals surface area contributed by atoms with Gasteiger partial charge in [0.2, 0.25) is 11.8 Å². The van der Waals surface area contributed by atoms with Crippen molar-refractivity contribution in [2.24, 2.45) is 0 Å². The largest absolute Gasteiger partial charge is 0.457 e. The number of ether oxygens (including phenoxy) is 2. The molecular weight excluding hydrogens is 829 g/mol. The first kappa shape index (κ1) is 48.3. The van der Waals surface area contributed by atoms with Gasteiger partial charge in [-0.2, -0.15) is 0 Å². The number of carbonyl (C=O) groups excluding carboxylic acids is 4. The molecule has 4 amide bonds. The van der Waals surface area contributed by atoms with Crippen LogP contribution >= 0.6 is 23.5 Å². The van der Waals surface area contributed by atoms with Gasteiger partial charge in [-0.25, -0.2) is 0 Å². The van der Waals surface area contributed by atoms with Crippen molar-refractivity contribution in [3.8, 4) is 23.0 Å². The summed E-state index contributed by atoms with van der Waals surface area (Å²) in [4.78, 5) is 55.9. The third kappa shape index (κ3) is 12.3. The Bertz CT molecular complexity index is 2600. The summed E-state index contributed by atoms with van der Waals surface area (Å²) in [6.07, 6.45) is 6.39. The van der Waals surface area contributed by atoms with Gasteiger partial charge in [0.05, 0.1) is 21.5 Å². The van der Waals surface area contributed by atoms with Crippen molar-refractivity contribution in [2.45, 2.75) is 111 Å². The second-order valence-electron chi connectivity index (χ2n) is 14.6. The number of aromatic nitrogens is 2. The van der Waals surface area contributed by atoms with E-state index in [4.69, 9.17) is 14.5 Å². The molecular formula is C51H58N4O6S2. The summed E-state index contributed by atoms with van der Waals surface area (Å²) in [5, 5.41) is 5.41. The van der Waals surface area contributed by atoms with Gasteiger partial charge in [0.25, 0.3) is 10.5 Å². The predicted octanol–water partition coefficient (Wildman–Crippen LogP) is 12.6. The quantitative estimate of drug-likeness (QED) is 0.122. The number of benzene rings is 4. The van der Waals surface area contributed by atoms with Crippen LogP contribution in [0.4, 0.5) is 9.59 Å². The smallest absolute Gasteiger partial charge is 0.286 e. The Balaban J connectivity index is 0.000000220. The molecule has 330 valence electrons. The molecule has 2 atom stereocenters. The van der Waals surface area contributed by atoms with E-state index in [1.165, 1.54) is 5.56 Å². The molecule has 2 unspecified atom stereocenters. The Morgan fingerprint density at radius 2 is 1.17 bits per heavy atom.